The Morgan fingerprint density at radius 3 is 2.81 bits per heavy atom. The number of carbonyl (C=O) groups is 1. The summed E-state index contributed by atoms with van der Waals surface area (Å²) in [4.78, 5) is 22.8. The fourth-order valence-electron chi connectivity index (χ4n) is 4.91. The van der Waals surface area contributed by atoms with Crippen molar-refractivity contribution in [3.8, 4) is 0 Å². The highest BCUT2D eigenvalue weighted by atomic mass is 16.5. The van der Waals surface area contributed by atoms with Crippen molar-refractivity contribution in [1.29, 1.82) is 0 Å². The molecule has 2 atom stereocenters. The van der Waals surface area contributed by atoms with Crippen LogP contribution in [0, 0.1) is 5.41 Å². The smallest absolute Gasteiger partial charge is 0.230 e. The molecule has 2 saturated heterocycles. The third-order valence-electron chi connectivity index (χ3n) is 6.84. The van der Waals surface area contributed by atoms with E-state index in [2.05, 4.69) is 29.5 Å². The summed E-state index contributed by atoms with van der Waals surface area (Å²) in [5.41, 5.74) is 0.807. The monoisotopic (exact) mass is 360 g/mol. The second-order valence-electron chi connectivity index (χ2n) is 8.60. The summed E-state index contributed by atoms with van der Waals surface area (Å²) in [6, 6.07) is 1.07. The first kappa shape index (κ1) is 18.0. The van der Waals surface area contributed by atoms with Gasteiger partial charge >= 0.3 is 0 Å². The molecule has 0 N–H and O–H groups in total. The summed E-state index contributed by atoms with van der Waals surface area (Å²) in [6.45, 7) is 8.38. The Balaban J connectivity index is 1.61. The van der Waals surface area contributed by atoms with Crippen LogP contribution in [-0.2, 0) is 9.53 Å². The highest BCUT2D eigenvalue weighted by Crippen LogP contribution is 2.51. The van der Waals surface area contributed by atoms with Crippen molar-refractivity contribution in [1.82, 2.24) is 19.4 Å². The Morgan fingerprint density at radius 2 is 2.19 bits per heavy atom. The first-order valence-electron chi connectivity index (χ1n) is 10.1. The van der Waals surface area contributed by atoms with Crippen molar-refractivity contribution in [2.24, 2.45) is 5.41 Å². The van der Waals surface area contributed by atoms with Gasteiger partial charge in [0.05, 0.1) is 24.0 Å². The molecule has 6 nitrogen and oxygen atoms in total. The van der Waals surface area contributed by atoms with Gasteiger partial charge in [-0.15, -0.1) is 0 Å². The van der Waals surface area contributed by atoms with Crippen molar-refractivity contribution in [3.63, 3.8) is 0 Å². The molecular formula is C20H32N4O2. The molecule has 1 aliphatic carbocycles. The van der Waals surface area contributed by atoms with Gasteiger partial charge in [-0.1, -0.05) is 6.42 Å². The van der Waals surface area contributed by atoms with Gasteiger partial charge < -0.3 is 14.2 Å². The molecule has 1 saturated carbocycles. The Hall–Kier alpha value is -1.40. The summed E-state index contributed by atoms with van der Waals surface area (Å²) in [5.74, 6) is 0.531. The van der Waals surface area contributed by atoms with Crippen molar-refractivity contribution >= 4 is 5.91 Å². The van der Waals surface area contributed by atoms with E-state index in [-0.39, 0.29) is 11.3 Å². The molecule has 1 amide bonds. The molecule has 3 fully saturated rings. The summed E-state index contributed by atoms with van der Waals surface area (Å²) >= 11 is 0. The lowest BCUT2D eigenvalue weighted by Crippen LogP contribution is -2.43. The molecule has 144 valence electrons. The van der Waals surface area contributed by atoms with E-state index in [0.717, 1.165) is 31.7 Å². The number of imidazole rings is 1. The van der Waals surface area contributed by atoms with E-state index >= 15 is 0 Å². The normalized spacial score (nSPS) is 30.1. The number of carbonyl (C=O) groups excluding carboxylic acids is 1. The van der Waals surface area contributed by atoms with Crippen LogP contribution < -0.4 is 0 Å². The second-order valence-corrected chi connectivity index (χ2v) is 8.60. The van der Waals surface area contributed by atoms with Gasteiger partial charge in [0.2, 0.25) is 5.91 Å². The van der Waals surface area contributed by atoms with E-state index in [1.807, 2.05) is 11.2 Å². The molecule has 2 aliphatic heterocycles. The molecule has 1 aromatic rings. The fraction of sp³-hybridized carbons (Fsp3) is 0.800. The zero-order valence-electron chi connectivity index (χ0n) is 16.4. The number of hydrogen-bond donors (Lipinski definition) is 0. The van der Waals surface area contributed by atoms with Crippen molar-refractivity contribution in [2.75, 3.05) is 39.9 Å². The fourth-order valence-corrected chi connectivity index (χ4v) is 4.91. The number of rotatable bonds is 6. The van der Waals surface area contributed by atoms with E-state index in [1.54, 1.807) is 7.11 Å². The Labute approximate surface area is 156 Å². The van der Waals surface area contributed by atoms with E-state index in [0.29, 0.717) is 31.1 Å². The Morgan fingerprint density at radius 1 is 1.38 bits per heavy atom. The van der Waals surface area contributed by atoms with Gasteiger partial charge in [0, 0.05) is 57.5 Å². The summed E-state index contributed by atoms with van der Waals surface area (Å²) in [7, 11) is 1.70. The van der Waals surface area contributed by atoms with Gasteiger partial charge in [-0.05, 0) is 33.1 Å². The van der Waals surface area contributed by atoms with Gasteiger partial charge in [0.25, 0.3) is 0 Å². The third-order valence-corrected chi connectivity index (χ3v) is 6.84. The maximum Gasteiger partial charge on any atom is 0.230 e. The van der Waals surface area contributed by atoms with Crippen LogP contribution in [0.1, 0.15) is 57.2 Å². The van der Waals surface area contributed by atoms with E-state index in [4.69, 9.17) is 9.72 Å². The number of likely N-dealkylation sites (tertiary alicyclic amines) is 2. The molecule has 4 rings (SSSR count). The van der Waals surface area contributed by atoms with E-state index < -0.39 is 0 Å². The minimum Gasteiger partial charge on any atom is -0.383 e. The topological polar surface area (TPSA) is 50.6 Å². The third kappa shape index (κ3) is 2.87. The van der Waals surface area contributed by atoms with Crippen molar-refractivity contribution in [3.05, 3.63) is 18.2 Å². The highest BCUT2D eigenvalue weighted by molar-refractivity contribution is 5.86. The first-order chi connectivity index (χ1) is 12.5. The Bertz CT molecular complexity index is 654. The molecule has 6 heteroatoms. The van der Waals surface area contributed by atoms with Crippen LogP contribution in [0.5, 0.6) is 0 Å². The number of ether oxygens (including phenoxy) is 1. The average molecular weight is 361 g/mol. The number of nitrogens with zero attached hydrogens (tertiary/aromatic N) is 4. The van der Waals surface area contributed by atoms with Crippen LogP contribution in [0.2, 0.25) is 0 Å². The summed E-state index contributed by atoms with van der Waals surface area (Å²) < 4.78 is 7.37. The van der Waals surface area contributed by atoms with Gasteiger partial charge in [0.15, 0.2) is 0 Å². The van der Waals surface area contributed by atoms with Crippen molar-refractivity contribution < 1.29 is 9.53 Å². The second kappa shape index (κ2) is 6.97. The molecule has 1 spiro atoms. The number of methoxy groups -OCH3 is 1. The molecule has 1 aromatic heterocycles. The molecule has 26 heavy (non-hydrogen) atoms. The minimum absolute atomic E-state index is 0.211. The standard InChI is InChI=1S/C20H32N4O2/c1-15(2)24-12-18(21-14-24)17-11-23(16-5-4-6-16)13-20(17)7-8-22(19(20)25)9-10-26-3/h12,14-17H,4-11,13H2,1-3H3/t17-,20+/m1/s1. The lowest BCUT2D eigenvalue weighted by molar-refractivity contribution is -0.136. The first-order valence-corrected chi connectivity index (χ1v) is 10.1. The molecule has 3 aliphatic rings. The lowest BCUT2D eigenvalue weighted by Gasteiger charge is -2.35. The highest BCUT2D eigenvalue weighted by Gasteiger charge is 2.58. The lowest BCUT2D eigenvalue weighted by atomic mass is 9.75. The van der Waals surface area contributed by atoms with Crippen LogP contribution in [0.4, 0.5) is 0 Å². The predicted molar refractivity (Wildman–Crippen MR) is 100 cm³/mol. The van der Waals surface area contributed by atoms with Crippen LogP contribution in [0.25, 0.3) is 0 Å². The van der Waals surface area contributed by atoms with Gasteiger partial charge in [0.1, 0.15) is 0 Å². The molecule has 0 aromatic carbocycles. The van der Waals surface area contributed by atoms with Gasteiger partial charge in [-0.3, -0.25) is 9.69 Å². The maximum absolute atomic E-state index is 13.4. The largest absolute Gasteiger partial charge is 0.383 e. The number of amides is 1. The summed E-state index contributed by atoms with van der Waals surface area (Å²) in [6.07, 6.45) is 8.94. The van der Waals surface area contributed by atoms with Crippen molar-refractivity contribution in [2.45, 2.75) is 57.5 Å². The quantitative estimate of drug-likeness (QED) is 0.781. The molecule has 0 radical (unpaired) electrons. The molecular weight excluding hydrogens is 328 g/mol. The minimum atomic E-state index is -0.292. The van der Waals surface area contributed by atoms with Crippen LogP contribution in [0.15, 0.2) is 12.5 Å². The predicted octanol–water partition coefficient (Wildman–Crippen LogP) is 2.28. The average Bonchev–Trinajstić information content (AvgIpc) is 3.25. The van der Waals surface area contributed by atoms with Crippen LogP contribution in [0.3, 0.4) is 0 Å². The molecule has 0 unspecified atom stereocenters. The number of aromatic nitrogens is 2. The number of hydrogen-bond acceptors (Lipinski definition) is 4. The maximum atomic E-state index is 13.4. The molecule has 3 heterocycles. The van der Waals surface area contributed by atoms with Crippen LogP contribution in [-0.4, -0.2) is 71.2 Å². The van der Waals surface area contributed by atoms with Crippen LogP contribution >= 0.6 is 0 Å². The summed E-state index contributed by atoms with van der Waals surface area (Å²) in [5, 5.41) is 0. The van der Waals surface area contributed by atoms with Gasteiger partial charge in [-0.25, -0.2) is 4.98 Å². The van der Waals surface area contributed by atoms with Gasteiger partial charge in [-0.2, -0.15) is 0 Å². The molecule has 0 bridgehead atoms. The van der Waals surface area contributed by atoms with E-state index in [1.165, 1.54) is 19.3 Å². The zero-order valence-corrected chi connectivity index (χ0v) is 16.4. The Kier molecular flexibility index (Phi) is 4.82. The zero-order chi connectivity index (χ0) is 18.3. The SMILES string of the molecule is COCCN1CC[C@@]2(CN(C3CCC3)C[C@@H]2c2cn(C(C)C)cn2)C1=O. The van der Waals surface area contributed by atoms with E-state index in [9.17, 15) is 4.79 Å².